The Bertz CT molecular complexity index is 651. The van der Waals surface area contributed by atoms with Crippen LogP contribution in [0.4, 0.5) is 5.82 Å². The molecule has 0 bridgehead atoms. The van der Waals surface area contributed by atoms with E-state index in [1.54, 1.807) is 4.68 Å². The number of aromatic nitrogens is 2. The number of nitrogens with two attached hydrogens (primary N) is 2. The summed E-state index contributed by atoms with van der Waals surface area (Å²) in [6.07, 6.45) is 6.17. The summed E-state index contributed by atoms with van der Waals surface area (Å²) in [5, 5.41) is 0. The van der Waals surface area contributed by atoms with E-state index in [1.165, 1.54) is 43.2 Å². The molecule has 0 radical (unpaired) electrons. The summed E-state index contributed by atoms with van der Waals surface area (Å²) < 4.78 is 1.60. The molecule has 21 heavy (non-hydrogen) atoms. The summed E-state index contributed by atoms with van der Waals surface area (Å²) >= 11 is 0. The van der Waals surface area contributed by atoms with Gasteiger partial charge in [-0.1, -0.05) is 31.4 Å². The van der Waals surface area contributed by atoms with Gasteiger partial charge in [-0.2, -0.15) is 0 Å². The van der Waals surface area contributed by atoms with Crippen molar-refractivity contribution >= 4 is 5.82 Å². The Balaban J connectivity index is 2.01. The van der Waals surface area contributed by atoms with Gasteiger partial charge < -0.3 is 11.6 Å². The number of imidazole rings is 1. The van der Waals surface area contributed by atoms with Crippen LogP contribution >= 0.6 is 0 Å². The van der Waals surface area contributed by atoms with Gasteiger partial charge in [-0.25, -0.2) is 9.66 Å². The Hall–Kier alpha value is -1.97. The third-order valence-electron chi connectivity index (χ3n) is 4.73. The minimum Gasteiger partial charge on any atom is -0.382 e. The van der Waals surface area contributed by atoms with E-state index in [-0.39, 0.29) is 0 Å². The van der Waals surface area contributed by atoms with Crippen LogP contribution < -0.4 is 11.6 Å². The Kier molecular flexibility index (Phi) is 3.62. The molecule has 4 nitrogen and oxygen atoms in total. The van der Waals surface area contributed by atoms with Gasteiger partial charge in [0, 0.05) is 11.5 Å². The van der Waals surface area contributed by atoms with Crippen molar-refractivity contribution in [3.8, 4) is 11.3 Å². The third-order valence-corrected chi connectivity index (χ3v) is 4.73. The van der Waals surface area contributed by atoms with E-state index in [2.05, 4.69) is 32.0 Å². The molecule has 2 aromatic rings. The number of rotatable bonds is 2. The predicted octanol–water partition coefficient (Wildman–Crippen LogP) is 3.51. The zero-order valence-corrected chi connectivity index (χ0v) is 12.9. The van der Waals surface area contributed by atoms with Crippen LogP contribution in [0.5, 0.6) is 0 Å². The molecular formula is C17H24N4. The van der Waals surface area contributed by atoms with E-state index in [9.17, 15) is 0 Å². The van der Waals surface area contributed by atoms with Gasteiger partial charge in [0.1, 0.15) is 11.5 Å². The first-order chi connectivity index (χ1) is 10.1. The fourth-order valence-electron chi connectivity index (χ4n) is 3.21. The molecule has 1 aromatic carbocycles. The maximum absolute atomic E-state index is 6.21. The van der Waals surface area contributed by atoms with Gasteiger partial charge in [0.05, 0.1) is 0 Å². The van der Waals surface area contributed by atoms with Gasteiger partial charge in [0.25, 0.3) is 0 Å². The van der Waals surface area contributed by atoms with Crippen LogP contribution in [-0.4, -0.2) is 9.66 Å². The quantitative estimate of drug-likeness (QED) is 0.829. The molecule has 1 saturated carbocycles. The monoisotopic (exact) mass is 284 g/mol. The molecule has 3 rings (SSSR count). The number of nitrogen functional groups attached to an aromatic ring is 2. The van der Waals surface area contributed by atoms with Crippen LogP contribution in [0.3, 0.4) is 0 Å². The molecule has 1 aliphatic carbocycles. The lowest BCUT2D eigenvalue weighted by Crippen LogP contribution is -2.19. The Morgan fingerprint density at radius 2 is 1.81 bits per heavy atom. The van der Waals surface area contributed by atoms with Crippen molar-refractivity contribution in [3.05, 3.63) is 35.2 Å². The van der Waals surface area contributed by atoms with Crippen molar-refractivity contribution in [2.75, 3.05) is 11.6 Å². The van der Waals surface area contributed by atoms with Crippen LogP contribution in [0.15, 0.2) is 18.2 Å². The molecule has 0 spiro atoms. The SMILES string of the molecule is Cc1ccc(-c2nc(C3CCCCC3)n(N)c2N)cc1C. The number of aryl methyl sites for hydroxylation is 2. The topological polar surface area (TPSA) is 69.9 Å². The molecular weight excluding hydrogens is 260 g/mol. The van der Waals surface area contributed by atoms with Crippen molar-refractivity contribution in [2.24, 2.45) is 0 Å². The first kappa shape index (κ1) is 14.0. The van der Waals surface area contributed by atoms with Crippen LogP contribution in [0, 0.1) is 13.8 Å². The van der Waals surface area contributed by atoms with Crippen molar-refractivity contribution < 1.29 is 0 Å². The largest absolute Gasteiger partial charge is 0.382 e. The van der Waals surface area contributed by atoms with E-state index < -0.39 is 0 Å². The fraction of sp³-hybridized carbons (Fsp3) is 0.471. The summed E-state index contributed by atoms with van der Waals surface area (Å²) in [6, 6.07) is 6.32. The second-order valence-corrected chi connectivity index (χ2v) is 6.21. The third kappa shape index (κ3) is 2.50. The summed E-state index contributed by atoms with van der Waals surface area (Å²) in [4.78, 5) is 4.79. The standard InChI is InChI=1S/C17H24N4/c1-11-8-9-14(10-12(11)2)15-16(18)21(19)17(20-15)13-6-4-3-5-7-13/h8-10,13H,3-7,18-19H2,1-2H3. The Morgan fingerprint density at radius 3 is 2.48 bits per heavy atom. The number of benzene rings is 1. The zero-order chi connectivity index (χ0) is 15.0. The lowest BCUT2D eigenvalue weighted by molar-refractivity contribution is 0.424. The molecule has 1 aromatic heterocycles. The lowest BCUT2D eigenvalue weighted by Gasteiger charge is -2.20. The molecule has 0 unspecified atom stereocenters. The highest BCUT2D eigenvalue weighted by Crippen LogP contribution is 2.35. The van der Waals surface area contributed by atoms with Gasteiger partial charge in [-0.15, -0.1) is 0 Å². The molecule has 0 saturated heterocycles. The average molecular weight is 284 g/mol. The first-order valence-electron chi connectivity index (χ1n) is 7.78. The van der Waals surface area contributed by atoms with E-state index in [1.807, 2.05) is 0 Å². The summed E-state index contributed by atoms with van der Waals surface area (Å²) in [5.74, 6) is 8.13. The molecule has 0 aliphatic heterocycles. The molecule has 1 fully saturated rings. The van der Waals surface area contributed by atoms with E-state index in [4.69, 9.17) is 16.6 Å². The number of nitrogens with zero attached hydrogens (tertiary/aromatic N) is 2. The maximum atomic E-state index is 6.21. The van der Waals surface area contributed by atoms with Crippen LogP contribution in [-0.2, 0) is 0 Å². The fourth-order valence-corrected chi connectivity index (χ4v) is 3.21. The number of hydrogen-bond acceptors (Lipinski definition) is 3. The molecule has 1 aliphatic rings. The van der Waals surface area contributed by atoms with Crippen LogP contribution in [0.2, 0.25) is 0 Å². The molecule has 4 heteroatoms. The van der Waals surface area contributed by atoms with Crippen molar-refractivity contribution in [1.29, 1.82) is 0 Å². The zero-order valence-electron chi connectivity index (χ0n) is 12.9. The van der Waals surface area contributed by atoms with Gasteiger partial charge in [-0.3, -0.25) is 0 Å². The summed E-state index contributed by atoms with van der Waals surface area (Å²) in [5.41, 5.74) is 10.6. The van der Waals surface area contributed by atoms with Gasteiger partial charge in [-0.05, 0) is 43.9 Å². The number of anilines is 1. The Labute approximate surface area is 126 Å². The highest BCUT2D eigenvalue weighted by Gasteiger charge is 2.23. The molecule has 4 N–H and O–H groups in total. The van der Waals surface area contributed by atoms with E-state index in [0.717, 1.165) is 17.1 Å². The highest BCUT2D eigenvalue weighted by atomic mass is 15.4. The van der Waals surface area contributed by atoms with Gasteiger partial charge in [0.15, 0.2) is 5.82 Å². The van der Waals surface area contributed by atoms with E-state index in [0.29, 0.717) is 11.7 Å². The first-order valence-corrected chi connectivity index (χ1v) is 7.78. The summed E-state index contributed by atoms with van der Waals surface area (Å²) in [6.45, 7) is 4.22. The normalized spacial score (nSPS) is 16.3. The van der Waals surface area contributed by atoms with Crippen LogP contribution in [0.25, 0.3) is 11.3 Å². The highest BCUT2D eigenvalue weighted by molar-refractivity contribution is 5.72. The van der Waals surface area contributed by atoms with Crippen molar-refractivity contribution in [1.82, 2.24) is 9.66 Å². The van der Waals surface area contributed by atoms with E-state index >= 15 is 0 Å². The van der Waals surface area contributed by atoms with Gasteiger partial charge in [0.2, 0.25) is 0 Å². The van der Waals surface area contributed by atoms with Crippen molar-refractivity contribution in [2.45, 2.75) is 51.9 Å². The van der Waals surface area contributed by atoms with Crippen molar-refractivity contribution in [3.63, 3.8) is 0 Å². The number of hydrogen-bond donors (Lipinski definition) is 2. The van der Waals surface area contributed by atoms with Gasteiger partial charge >= 0.3 is 0 Å². The molecule has 112 valence electrons. The summed E-state index contributed by atoms with van der Waals surface area (Å²) in [7, 11) is 0. The molecule has 0 amide bonds. The maximum Gasteiger partial charge on any atom is 0.150 e. The molecule has 1 heterocycles. The minimum absolute atomic E-state index is 0.450. The molecule has 0 atom stereocenters. The second-order valence-electron chi connectivity index (χ2n) is 6.21. The second kappa shape index (κ2) is 5.43. The Morgan fingerprint density at radius 1 is 1.10 bits per heavy atom. The van der Waals surface area contributed by atoms with Crippen LogP contribution in [0.1, 0.15) is 55.0 Å². The minimum atomic E-state index is 0.450. The smallest absolute Gasteiger partial charge is 0.150 e. The lowest BCUT2D eigenvalue weighted by atomic mass is 9.89. The predicted molar refractivity (Wildman–Crippen MR) is 87.5 cm³/mol. The average Bonchev–Trinajstić information content (AvgIpc) is 2.79.